The molecule has 0 radical (unpaired) electrons. The fourth-order valence-corrected chi connectivity index (χ4v) is 6.25. The average Bonchev–Trinajstić information content (AvgIpc) is 3.63. The van der Waals surface area contributed by atoms with Crippen molar-refractivity contribution >= 4 is 39.5 Å². The summed E-state index contributed by atoms with van der Waals surface area (Å²) in [7, 11) is 0. The van der Waals surface area contributed by atoms with Gasteiger partial charge in [-0.15, -0.1) is 22.7 Å². The van der Waals surface area contributed by atoms with Crippen LogP contribution in [0, 0.1) is 0 Å². The van der Waals surface area contributed by atoms with Crippen LogP contribution in [0.4, 0.5) is 5.82 Å². The number of fused-ring (bicyclic) bond motifs is 1. The molecule has 0 saturated carbocycles. The van der Waals surface area contributed by atoms with Gasteiger partial charge in [0.05, 0.1) is 23.3 Å². The lowest BCUT2D eigenvalue weighted by Crippen LogP contribution is -2.48. The summed E-state index contributed by atoms with van der Waals surface area (Å²) in [4.78, 5) is 17.0. The second kappa shape index (κ2) is 8.46. The standard InChI is InChI=1S/C24H22N6S2/c1-2-6-18(7-3-1)30-24-19(16-27-30)23(25-17-26-24)29-12-10-28(11-13-29)22(20-8-4-14-31-20)21-9-5-15-32-21/h1-9,14-17,22H,10-13H2. The summed E-state index contributed by atoms with van der Waals surface area (Å²) >= 11 is 3.68. The third-order valence-corrected chi connectivity index (χ3v) is 7.80. The first-order valence-electron chi connectivity index (χ1n) is 10.7. The fourth-order valence-electron chi connectivity index (χ4n) is 4.43. The molecular formula is C24H22N6S2. The Morgan fingerprint density at radius 2 is 1.50 bits per heavy atom. The highest BCUT2D eigenvalue weighted by molar-refractivity contribution is 7.11. The van der Waals surface area contributed by atoms with Crippen LogP contribution in [-0.4, -0.2) is 50.8 Å². The van der Waals surface area contributed by atoms with E-state index in [4.69, 9.17) is 0 Å². The summed E-state index contributed by atoms with van der Waals surface area (Å²) < 4.78 is 1.89. The molecule has 0 unspecified atom stereocenters. The first-order valence-corrected chi connectivity index (χ1v) is 12.4. The molecule has 0 atom stereocenters. The third kappa shape index (κ3) is 3.50. The number of rotatable bonds is 5. The number of aromatic nitrogens is 4. The Morgan fingerprint density at radius 1 is 0.781 bits per heavy atom. The van der Waals surface area contributed by atoms with Crippen molar-refractivity contribution in [3.8, 4) is 5.69 Å². The minimum absolute atomic E-state index is 0.336. The maximum atomic E-state index is 4.65. The Balaban J connectivity index is 1.26. The topological polar surface area (TPSA) is 50.1 Å². The zero-order chi connectivity index (χ0) is 21.3. The van der Waals surface area contributed by atoms with Crippen LogP contribution < -0.4 is 4.90 Å². The predicted molar refractivity (Wildman–Crippen MR) is 131 cm³/mol. The van der Waals surface area contributed by atoms with E-state index in [9.17, 15) is 0 Å². The van der Waals surface area contributed by atoms with Gasteiger partial charge in [0.2, 0.25) is 0 Å². The van der Waals surface area contributed by atoms with E-state index in [1.54, 1.807) is 6.33 Å². The van der Waals surface area contributed by atoms with Gasteiger partial charge < -0.3 is 4.90 Å². The molecule has 1 saturated heterocycles. The molecule has 6 rings (SSSR count). The molecule has 4 aromatic heterocycles. The molecule has 8 heteroatoms. The van der Waals surface area contributed by atoms with Gasteiger partial charge in [0.1, 0.15) is 12.1 Å². The van der Waals surface area contributed by atoms with E-state index >= 15 is 0 Å². The molecule has 5 heterocycles. The highest BCUT2D eigenvalue weighted by Gasteiger charge is 2.29. The van der Waals surface area contributed by atoms with Crippen molar-refractivity contribution in [3.63, 3.8) is 0 Å². The molecule has 0 N–H and O–H groups in total. The summed E-state index contributed by atoms with van der Waals surface area (Å²) in [5.41, 5.74) is 1.85. The zero-order valence-corrected chi connectivity index (χ0v) is 19.0. The lowest BCUT2D eigenvalue weighted by Gasteiger charge is -2.39. The highest BCUT2D eigenvalue weighted by atomic mass is 32.1. The van der Waals surface area contributed by atoms with Crippen molar-refractivity contribution < 1.29 is 0 Å². The van der Waals surface area contributed by atoms with Crippen molar-refractivity contribution in [1.29, 1.82) is 0 Å². The zero-order valence-electron chi connectivity index (χ0n) is 17.4. The number of piperazine rings is 1. The van der Waals surface area contributed by atoms with Crippen LogP contribution in [0.1, 0.15) is 15.8 Å². The van der Waals surface area contributed by atoms with Crippen molar-refractivity contribution in [2.45, 2.75) is 6.04 Å². The maximum absolute atomic E-state index is 4.65. The van der Waals surface area contributed by atoms with E-state index in [-0.39, 0.29) is 0 Å². The molecule has 1 aliphatic heterocycles. The molecule has 0 aliphatic carbocycles. The molecule has 1 fully saturated rings. The molecule has 0 bridgehead atoms. The lowest BCUT2D eigenvalue weighted by atomic mass is 10.1. The smallest absolute Gasteiger partial charge is 0.168 e. The number of hydrogen-bond acceptors (Lipinski definition) is 7. The summed E-state index contributed by atoms with van der Waals surface area (Å²) in [6.07, 6.45) is 3.55. The van der Waals surface area contributed by atoms with Crippen molar-refractivity contribution in [1.82, 2.24) is 24.6 Å². The Labute approximate surface area is 194 Å². The molecule has 32 heavy (non-hydrogen) atoms. The summed E-state index contributed by atoms with van der Waals surface area (Å²) in [5.74, 6) is 0.973. The number of hydrogen-bond donors (Lipinski definition) is 0. The molecule has 1 aliphatic rings. The summed E-state index contributed by atoms with van der Waals surface area (Å²) in [6, 6.07) is 19.3. The highest BCUT2D eigenvalue weighted by Crippen LogP contribution is 2.35. The summed E-state index contributed by atoms with van der Waals surface area (Å²) in [6.45, 7) is 3.82. The Morgan fingerprint density at radius 3 is 2.16 bits per heavy atom. The Bertz CT molecular complexity index is 1260. The van der Waals surface area contributed by atoms with Gasteiger partial charge in [-0.1, -0.05) is 30.3 Å². The van der Waals surface area contributed by atoms with Gasteiger partial charge in [0.15, 0.2) is 5.65 Å². The van der Waals surface area contributed by atoms with E-state index in [0.717, 1.165) is 48.7 Å². The Hall–Kier alpha value is -3.07. The van der Waals surface area contributed by atoms with Crippen molar-refractivity contribution in [3.05, 3.63) is 87.6 Å². The van der Waals surface area contributed by atoms with Crippen molar-refractivity contribution in [2.24, 2.45) is 0 Å². The quantitative estimate of drug-likeness (QED) is 0.377. The summed E-state index contributed by atoms with van der Waals surface area (Å²) in [5, 5.41) is 9.96. The molecule has 5 aromatic rings. The number of anilines is 1. The normalized spacial score (nSPS) is 15.1. The largest absolute Gasteiger partial charge is 0.353 e. The first-order chi connectivity index (χ1) is 15.9. The molecule has 6 nitrogen and oxygen atoms in total. The lowest BCUT2D eigenvalue weighted by molar-refractivity contribution is 0.217. The van der Waals surface area contributed by atoms with E-state index in [1.807, 2.05) is 63.9 Å². The number of thiophene rings is 2. The maximum Gasteiger partial charge on any atom is 0.168 e. The van der Waals surface area contributed by atoms with Crippen LogP contribution >= 0.6 is 22.7 Å². The molecule has 160 valence electrons. The van der Waals surface area contributed by atoms with Gasteiger partial charge in [-0.05, 0) is 35.0 Å². The molecular weight excluding hydrogens is 436 g/mol. The monoisotopic (exact) mass is 458 g/mol. The van der Waals surface area contributed by atoms with E-state index < -0.39 is 0 Å². The predicted octanol–water partition coefficient (Wildman–Crippen LogP) is 4.85. The van der Waals surface area contributed by atoms with Crippen LogP contribution in [-0.2, 0) is 0 Å². The minimum atomic E-state index is 0.336. The number of benzene rings is 1. The van der Waals surface area contributed by atoms with Gasteiger partial charge in [-0.2, -0.15) is 5.10 Å². The van der Waals surface area contributed by atoms with Gasteiger partial charge >= 0.3 is 0 Å². The van der Waals surface area contributed by atoms with Crippen LogP contribution in [0.25, 0.3) is 16.7 Å². The van der Waals surface area contributed by atoms with Crippen LogP contribution in [0.15, 0.2) is 77.9 Å². The third-order valence-electron chi connectivity index (χ3n) is 5.95. The van der Waals surface area contributed by atoms with E-state index in [1.165, 1.54) is 9.75 Å². The number of para-hydroxylation sites is 1. The van der Waals surface area contributed by atoms with Gasteiger partial charge in [0.25, 0.3) is 0 Å². The van der Waals surface area contributed by atoms with Crippen LogP contribution in [0.3, 0.4) is 0 Å². The molecule has 0 spiro atoms. The fraction of sp³-hybridized carbons (Fsp3) is 0.208. The van der Waals surface area contributed by atoms with E-state index in [2.05, 4.69) is 59.9 Å². The second-order valence-corrected chi connectivity index (χ2v) is 9.74. The minimum Gasteiger partial charge on any atom is -0.353 e. The average molecular weight is 459 g/mol. The van der Waals surface area contributed by atoms with E-state index in [0.29, 0.717) is 6.04 Å². The SMILES string of the molecule is c1ccc(-n2ncc3c(N4CCN(C(c5cccs5)c5cccs5)CC4)ncnc32)cc1. The van der Waals surface area contributed by atoms with Gasteiger partial charge in [0, 0.05) is 35.9 Å². The van der Waals surface area contributed by atoms with Crippen LogP contribution in [0.2, 0.25) is 0 Å². The molecule has 1 aromatic carbocycles. The number of nitrogens with zero attached hydrogens (tertiary/aromatic N) is 6. The second-order valence-electron chi connectivity index (χ2n) is 7.78. The van der Waals surface area contributed by atoms with Gasteiger partial charge in [-0.25, -0.2) is 14.6 Å². The van der Waals surface area contributed by atoms with Crippen LogP contribution in [0.5, 0.6) is 0 Å². The Kier molecular flexibility index (Phi) is 5.18. The van der Waals surface area contributed by atoms with Crippen molar-refractivity contribution in [2.75, 3.05) is 31.1 Å². The van der Waals surface area contributed by atoms with Gasteiger partial charge in [-0.3, -0.25) is 4.90 Å². The first kappa shape index (κ1) is 19.6. The molecule has 0 amide bonds.